The Morgan fingerprint density at radius 2 is 2.41 bits per heavy atom. The molecule has 0 aliphatic carbocycles. The summed E-state index contributed by atoms with van der Waals surface area (Å²) in [4.78, 5) is 15.6. The number of carbonyl (C=O) groups excluding carboxylic acids is 1. The van der Waals surface area contributed by atoms with Gasteiger partial charge < -0.3 is 15.8 Å². The molecule has 0 saturated carbocycles. The SMILES string of the molecule is COC(CN)CC(=O)Nc1c(C)ccnc1Cl. The smallest absolute Gasteiger partial charge is 0.227 e. The first kappa shape index (κ1) is 13.9. The predicted octanol–water partition coefficient (Wildman–Crippen LogP) is 1.35. The zero-order valence-electron chi connectivity index (χ0n) is 9.87. The Hall–Kier alpha value is -1.17. The summed E-state index contributed by atoms with van der Waals surface area (Å²) in [5, 5.41) is 2.99. The third-order valence-corrected chi connectivity index (χ3v) is 2.67. The van der Waals surface area contributed by atoms with Crippen molar-refractivity contribution in [1.82, 2.24) is 4.98 Å². The number of hydrogen-bond acceptors (Lipinski definition) is 4. The number of pyridine rings is 1. The van der Waals surface area contributed by atoms with Gasteiger partial charge in [0, 0.05) is 19.9 Å². The zero-order chi connectivity index (χ0) is 12.8. The van der Waals surface area contributed by atoms with Gasteiger partial charge in [-0.2, -0.15) is 0 Å². The third-order valence-electron chi connectivity index (χ3n) is 2.39. The van der Waals surface area contributed by atoms with Gasteiger partial charge in [-0.25, -0.2) is 4.98 Å². The normalized spacial score (nSPS) is 12.2. The summed E-state index contributed by atoms with van der Waals surface area (Å²) in [6, 6.07) is 1.78. The van der Waals surface area contributed by atoms with Crippen LogP contribution in [0.5, 0.6) is 0 Å². The number of nitrogens with two attached hydrogens (primary N) is 1. The molecule has 0 aromatic carbocycles. The van der Waals surface area contributed by atoms with Crippen molar-refractivity contribution in [2.45, 2.75) is 19.4 Å². The lowest BCUT2D eigenvalue weighted by atomic mass is 10.2. The van der Waals surface area contributed by atoms with Gasteiger partial charge in [-0.05, 0) is 18.6 Å². The number of amides is 1. The van der Waals surface area contributed by atoms with Crippen LogP contribution in [0.25, 0.3) is 0 Å². The number of nitrogens with one attached hydrogen (secondary N) is 1. The highest BCUT2D eigenvalue weighted by atomic mass is 35.5. The standard InChI is InChI=1S/C11H16ClN3O2/c1-7-3-4-14-11(12)10(7)15-9(16)5-8(6-13)17-2/h3-4,8H,5-6,13H2,1-2H3,(H,15,16). The van der Waals surface area contributed by atoms with E-state index in [1.165, 1.54) is 7.11 Å². The molecule has 1 aromatic rings. The first-order valence-corrected chi connectivity index (χ1v) is 5.60. The van der Waals surface area contributed by atoms with E-state index in [4.69, 9.17) is 22.1 Å². The van der Waals surface area contributed by atoms with Gasteiger partial charge in [0.25, 0.3) is 0 Å². The van der Waals surface area contributed by atoms with Gasteiger partial charge in [-0.1, -0.05) is 11.6 Å². The zero-order valence-corrected chi connectivity index (χ0v) is 10.6. The Labute approximate surface area is 105 Å². The van der Waals surface area contributed by atoms with Crippen LogP contribution >= 0.6 is 11.6 Å². The predicted molar refractivity (Wildman–Crippen MR) is 67.1 cm³/mol. The first-order chi connectivity index (χ1) is 8.08. The van der Waals surface area contributed by atoms with E-state index in [-0.39, 0.29) is 23.6 Å². The van der Waals surface area contributed by atoms with Crippen LogP contribution in [0.4, 0.5) is 5.69 Å². The van der Waals surface area contributed by atoms with Crippen molar-refractivity contribution in [3.05, 3.63) is 23.0 Å². The maximum Gasteiger partial charge on any atom is 0.227 e. The second-order valence-electron chi connectivity index (χ2n) is 3.64. The molecule has 1 aromatic heterocycles. The number of anilines is 1. The average molecular weight is 258 g/mol. The van der Waals surface area contributed by atoms with Crippen molar-refractivity contribution in [2.75, 3.05) is 19.0 Å². The third kappa shape index (κ3) is 3.96. The van der Waals surface area contributed by atoms with E-state index in [0.717, 1.165) is 5.56 Å². The second kappa shape index (κ2) is 6.54. The van der Waals surface area contributed by atoms with E-state index in [1.807, 2.05) is 6.92 Å². The molecule has 5 nitrogen and oxygen atoms in total. The summed E-state index contributed by atoms with van der Waals surface area (Å²) >= 11 is 5.90. The summed E-state index contributed by atoms with van der Waals surface area (Å²) in [7, 11) is 1.52. The molecule has 0 spiro atoms. The van der Waals surface area contributed by atoms with Crippen LogP contribution in [0.3, 0.4) is 0 Å². The fourth-order valence-corrected chi connectivity index (χ4v) is 1.59. The molecule has 0 fully saturated rings. The summed E-state index contributed by atoms with van der Waals surface area (Å²) < 4.78 is 5.03. The number of aryl methyl sites for hydroxylation is 1. The van der Waals surface area contributed by atoms with Crippen LogP contribution in [-0.4, -0.2) is 30.6 Å². The number of halogens is 1. The maximum atomic E-state index is 11.7. The summed E-state index contributed by atoms with van der Waals surface area (Å²) in [6.45, 7) is 2.14. The fraction of sp³-hybridized carbons (Fsp3) is 0.455. The molecule has 1 rings (SSSR count). The number of methoxy groups -OCH3 is 1. The van der Waals surface area contributed by atoms with Gasteiger partial charge in [0.2, 0.25) is 5.91 Å². The molecular weight excluding hydrogens is 242 g/mol. The molecule has 1 heterocycles. The minimum atomic E-state index is -0.286. The van der Waals surface area contributed by atoms with Crippen molar-refractivity contribution in [3.63, 3.8) is 0 Å². The van der Waals surface area contributed by atoms with Crippen molar-refractivity contribution in [3.8, 4) is 0 Å². The highest BCUT2D eigenvalue weighted by Crippen LogP contribution is 2.22. The molecule has 6 heteroatoms. The van der Waals surface area contributed by atoms with Crippen LogP contribution in [0.2, 0.25) is 5.15 Å². The Bertz CT molecular complexity index is 374. The molecule has 0 radical (unpaired) electrons. The summed E-state index contributed by atoms with van der Waals surface area (Å²) in [5.74, 6) is -0.194. The number of nitrogens with zero attached hydrogens (tertiary/aromatic N) is 1. The van der Waals surface area contributed by atoms with Gasteiger partial charge in [-0.3, -0.25) is 4.79 Å². The van der Waals surface area contributed by atoms with Gasteiger partial charge in [0.05, 0.1) is 18.2 Å². The topological polar surface area (TPSA) is 77.2 Å². The number of rotatable bonds is 5. The van der Waals surface area contributed by atoms with Gasteiger partial charge in [0.15, 0.2) is 5.15 Å². The molecule has 1 unspecified atom stereocenters. The molecule has 94 valence electrons. The Morgan fingerprint density at radius 1 is 1.71 bits per heavy atom. The van der Waals surface area contributed by atoms with E-state index in [1.54, 1.807) is 12.3 Å². The first-order valence-electron chi connectivity index (χ1n) is 5.22. The highest BCUT2D eigenvalue weighted by molar-refractivity contribution is 6.32. The van der Waals surface area contributed by atoms with Crippen molar-refractivity contribution in [2.24, 2.45) is 5.73 Å². The number of aromatic nitrogens is 1. The minimum Gasteiger partial charge on any atom is -0.380 e. The number of carbonyl (C=O) groups is 1. The maximum absolute atomic E-state index is 11.7. The number of ether oxygens (including phenoxy) is 1. The molecule has 17 heavy (non-hydrogen) atoms. The van der Waals surface area contributed by atoms with Crippen LogP contribution in [-0.2, 0) is 9.53 Å². The molecule has 0 aliphatic rings. The molecule has 0 bridgehead atoms. The minimum absolute atomic E-state index is 0.192. The van der Waals surface area contributed by atoms with Gasteiger partial charge in [-0.15, -0.1) is 0 Å². The molecule has 1 amide bonds. The highest BCUT2D eigenvalue weighted by Gasteiger charge is 2.14. The lowest BCUT2D eigenvalue weighted by Gasteiger charge is -2.14. The Morgan fingerprint density at radius 3 is 2.94 bits per heavy atom. The van der Waals surface area contributed by atoms with E-state index < -0.39 is 0 Å². The molecule has 3 N–H and O–H groups in total. The second-order valence-corrected chi connectivity index (χ2v) is 4.00. The largest absolute Gasteiger partial charge is 0.380 e. The summed E-state index contributed by atoms with van der Waals surface area (Å²) in [5.41, 5.74) is 6.84. The van der Waals surface area contributed by atoms with E-state index in [9.17, 15) is 4.79 Å². The molecule has 0 aliphatic heterocycles. The van der Waals surface area contributed by atoms with Crippen LogP contribution in [0.15, 0.2) is 12.3 Å². The van der Waals surface area contributed by atoms with Crippen molar-refractivity contribution >= 4 is 23.2 Å². The lowest BCUT2D eigenvalue weighted by Crippen LogP contribution is -2.28. The lowest BCUT2D eigenvalue weighted by molar-refractivity contribution is -0.118. The van der Waals surface area contributed by atoms with E-state index >= 15 is 0 Å². The molecule has 1 atom stereocenters. The summed E-state index contributed by atoms with van der Waals surface area (Å²) in [6.07, 6.45) is 1.49. The Balaban J connectivity index is 2.68. The van der Waals surface area contributed by atoms with Gasteiger partial charge >= 0.3 is 0 Å². The average Bonchev–Trinajstić information content (AvgIpc) is 2.31. The van der Waals surface area contributed by atoms with Crippen LogP contribution < -0.4 is 11.1 Å². The Kier molecular flexibility index (Phi) is 5.34. The van der Waals surface area contributed by atoms with Crippen molar-refractivity contribution in [1.29, 1.82) is 0 Å². The molecule has 0 saturated heterocycles. The monoisotopic (exact) mass is 257 g/mol. The van der Waals surface area contributed by atoms with Crippen molar-refractivity contribution < 1.29 is 9.53 Å². The van der Waals surface area contributed by atoms with Crippen LogP contribution in [0, 0.1) is 6.92 Å². The van der Waals surface area contributed by atoms with Gasteiger partial charge in [0.1, 0.15) is 0 Å². The fourth-order valence-electron chi connectivity index (χ4n) is 1.34. The van der Waals surface area contributed by atoms with E-state index in [2.05, 4.69) is 10.3 Å². The van der Waals surface area contributed by atoms with Crippen LogP contribution in [0.1, 0.15) is 12.0 Å². The molecular formula is C11H16ClN3O2. The number of hydrogen-bond donors (Lipinski definition) is 2. The van der Waals surface area contributed by atoms with E-state index in [0.29, 0.717) is 12.2 Å². The quantitative estimate of drug-likeness (QED) is 0.781.